The van der Waals surface area contributed by atoms with Crippen molar-refractivity contribution in [1.82, 2.24) is 4.31 Å². The van der Waals surface area contributed by atoms with Gasteiger partial charge in [0, 0.05) is 31.9 Å². The van der Waals surface area contributed by atoms with Crippen molar-refractivity contribution in [3.05, 3.63) is 48.3 Å². The van der Waals surface area contributed by atoms with Gasteiger partial charge < -0.3 is 9.64 Å². The summed E-state index contributed by atoms with van der Waals surface area (Å²) >= 11 is 0. The number of amides is 1. The molecule has 1 amide bonds. The molecule has 2 saturated heterocycles. The van der Waals surface area contributed by atoms with Gasteiger partial charge in [0.25, 0.3) is 0 Å². The molecule has 2 aromatic carbocycles. The Morgan fingerprint density at radius 3 is 2.15 bits per heavy atom. The molecule has 0 spiro atoms. The lowest BCUT2D eigenvalue weighted by molar-refractivity contribution is -0.119. The average Bonchev–Trinajstić information content (AvgIpc) is 3.00. The van der Waals surface area contributed by atoms with Crippen LogP contribution in [-0.2, 0) is 24.8 Å². The number of halogens is 1. The Kier molecular flexibility index (Phi) is 6.10. The quantitative estimate of drug-likeness (QED) is 0.619. The van der Waals surface area contributed by atoms with Gasteiger partial charge in [0.1, 0.15) is 16.5 Å². The molecule has 33 heavy (non-hydrogen) atoms. The van der Waals surface area contributed by atoms with Gasteiger partial charge in [0.2, 0.25) is 26.0 Å². The molecule has 0 aliphatic carbocycles. The molecule has 2 aliphatic heterocycles. The molecule has 0 N–H and O–H groups in total. The van der Waals surface area contributed by atoms with Gasteiger partial charge >= 0.3 is 0 Å². The first-order chi connectivity index (χ1) is 15.5. The first-order valence-electron chi connectivity index (χ1n) is 10.3. The van der Waals surface area contributed by atoms with Crippen LogP contribution in [0.2, 0.25) is 0 Å². The second kappa shape index (κ2) is 8.58. The summed E-state index contributed by atoms with van der Waals surface area (Å²) in [6.07, 6.45) is 0. The fourth-order valence-corrected chi connectivity index (χ4v) is 7.47. The third kappa shape index (κ3) is 4.30. The SMILES string of the molecule is COc1ccc(N2C(=O)[C@@H](C)CS2(=O)=O)cc1S(=O)(=O)N1CCN(c2ccc(F)cc2)CC1. The van der Waals surface area contributed by atoms with Crippen molar-refractivity contribution in [2.24, 2.45) is 5.92 Å². The molecule has 1 atom stereocenters. The number of ether oxygens (including phenoxy) is 1. The minimum atomic E-state index is -4.05. The van der Waals surface area contributed by atoms with E-state index in [0.29, 0.717) is 17.4 Å². The van der Waals surface area contributed by atoms with Crippen LogP contribution in [-0.4, -0.2) is 66.1 Å². The van der Waals surface area contributed by atoms with Crippen LogP contribution in [0.15, 0.2) is 47.4 Å². The number of rotatable bonds is 5. The number of sulfonamides is 2. The number of anilines is 2. The molecular weight excluding hydrogens is 473 g/mol. The molecule has 0 radical (unpaired) electrons. The van der Waals surface area contributed by atoms with Crippen molar-refractivity contribution in [2.45, 2.75) is 11.8 Å². The molecule has 0 aromatic heterocycles. The maximum absolute atomic E-state index is 13.5. The van der Waals surface area contributed by atoms with E-state index in [0.717, 1.165) is 5.69 Å². The summed E-state index contributed by atoms with van der Waals surface area (Å²) in [5.41, 5.74) is 0.758. The Labute approximate surface area is 192 Å². The summed E-state index contributed by atoms with van der Waals surface area (Å²) in [5.74, 6) is -1.93. The third-order valence-corrected chi connectivity index (χ3v) is 9.58. The van der Waals surface area contributed by atoms with E-state index in [-0.39, 0.29) is 41.0 Å². The number of methoxy groups -OCH3 is 1. The van der Waals surface area contributed by atoms with Crippen LogP contribution in [0, 0.1) is 11.7 Å². The summed E-state index contributed by atoms with van der Waals surface area (Å²) in [5, 5.41) is 0. The highest BCUT2D eigenvalue weighted by atomic mass is 32.2. The second-order valence-corrected chi connectivity index (χ2v) is 11.8. The lowest BCUT2D eigenvalue weighted by atomic mass is 10.2. The van der Waals surface area contributed by atoms with Crippen molar-refractivity contribution in [2.75, 3.05) is 48.2 Å². The zero-order valence-electron chi connectivity index (χ0n) is 18.1. The van der Waals surface area contributed by atoms with Crippen molar-refractivity contribution < 1.29 is 30.8 Å². The van der Waals surface area contributed by atoms with E-state index in [9.17, 15) is 26.0 Å². The van der Waals surface area contributed by atoms with E-state index in [1.54, 1.807) is 12.1 Å². The van der Waals surface area contributed by atoms with Gasteiger partial charge in [-0.3, -0.25) is 4.79 Å². The summed E-state index contributed by atoms with van der Waals surface area (Å²) in [6.45, 7) is 2.64. The van der Waals surface area contributed by atoms with Gasteiger partial charge in [-0.05, 0) is 42.5 Å². The van der Waals surface area contributed by atoms with Crippen molar-refractivity contribution in [3.63, 3.8) is 0 Å². The highest BCUT2D eigenvalue weighted by Crippen LogP contribution is 2.35. The number of carbonyl (C=O) groups excluding carboxylic acids is 1. The number of nitrogens with zero attached hydrogens (tertiary/aromatic N) is 3. The van der Waals surface area contributed by atoms with Gasteiger partial charge in [0.15, 0.2) is 0 Å². The minimum Gasteiger partial charge on any atom is -0.495 e. The fourth-order valence-electron chi connectivity index (χ4n) is 4.06. The van der Waals surface area contributed by atoms with Crippen LogP contribution >= 0.6 is 0 Å². The maximum atomic E-state index is 13.5. The summed E-state index contributed by atoms with van der Waals surface area (Å²) in [4.78, 5) is 14.2. The van der Waals surface area contributed by atoms with E-state index >= 15 is 0 Å². The Morgan fingerprint density at radius 1 is 1.00 bits per heavy atom. The van der Waals surface area contributed by atoms with E-state index in [1.807, 2.05) is 4.90 Å². The van der Waals surface area contributed by atoms with E-state index in [1.165, 1.54) is 48.7 Å². The smallest absolute Gasteiger partial charge is 0.246 e. The molecule has 2 fully saturated rings. The van der Waals surface area contributed by atoms with Crippen molar-refractivity contribution in [3.8, 4) is 5.75 Å². The Balaban J connectivity index is 1.62. The molecule has 0 bridgehead atoms. The van der Waals surface area contributed by atoms with E-state index in [2.05, 4.69) is 0 Å². The molecule has 2 aliphatic rings. The Morgan fingerprint density at radius 2 is 1.61 bits per heavy atom. The number of hydrogen-bond donors (Lipinski definition) is 0. The Bertz CT molecular complexity index is 1270. The highest BCUT2D eigenvalue weighted by Gasteiger charge is 2.43. The predicted octanol–water partition coefficient (Wildman–Crippen LogP) is 1.66. The van der Waals surface area contributed by atoms with Gasteiger partial charge in [-0.25, -0.2) is 25.5 Å². The lowest BCUT2D eigenvalue weighted by Gasteiger charge is -2.35. The molecule has 2 aromatic rings. The molecule has 0 unspecified atom stereocenters. The molecule has 0 saturated carbocycles. The first-order valence-corrected chi connectivity index (χ1v) is 13.3. The second-order valence-electron chi connectivity index (χ2n) is 7.98. The summed E-state index contributed by atoms with van der Waals surface area (Å²) in [6, 6.07) is 9.86. The number of hydrogen-bond acceptors (Lipinski definition) is 7. The van der Waals surface area contributed by atoms with E-state index < -0.39 is 31.9 Å². The summed E-state index contributed by atoms with van der Waals surface area (Å²) < 4.78 is 72.2. The maximum Gasteiger partial charge on any atom is 0.246 e. The standard InChI is InChI=1S/C21H24FN3O6S2/c1-15-14-32(27,28)25(21(15)26)18-7-8-19(31-2)20(13-18)33(29,30)24-11-9-23(10-12-24)17-5-3-16(22)4-6-17/h3-8,13,15H,9-12,14H2,1-2H3/t15-/m0/s1. The van der Waals surface area contributed by atoms with Gasteiger partial charge in [-0.1, -0.05) is 6.92 Å². The molecule has 4 rings (SSSR count). The average molecular weight is 498 g/mol. The van der Waals surface area contributed by atoms with Crippen molar-refractivity contribution >= 4 is 37.3 Å². The van der Waals surface area contributed by atoms with E-state index in [4.69, 9.17) is 4.74 Å². The molecule has 2 heterocycles. The molecular formula is C21H24FN3O6S2. The highest BCUT2D eigenvalue weighted by molar-refractivity contribution is 7.94. The normalized spacial score (nSPS) is 21.4. The molecule has 9 nitrogen and oxygen atoms in total. The van der Waals surface area contributed by atoms with Crippen LogP contribution in [0.1, 0.15) is 6.92 Å². The molecule has 12 heteroatoms. The molecule has 178 valence electrons. The van der Waals surface area contributed by atoms with Crippen LogP contribution < -0.4 is 13.9 Å². The largest absolute Gasteiger partial charge is 0.495 e. The van der Waals surface area contributed by atoms with Crippen LogP contribution in [0.4, 0.5) is 15.8 Å². The zero-order chi connectivity index (χ0) is 24.0. The first kappa shape index (κ1) is 23.5. The van der Waals surface area contributed by atoms with Gasteiger partial charge in [-0.15, -0.1) is 0 Å². The Hall–Kier alpha value is -2.70. The van der Waals surface area contributed by atoms with Crippen LogP contribution in [0.5, 0.6) is 5.75 Å². The monoisotopic (exact) mass is 497 g/mol. The number of piperazine rings is 1. The predicted molar refractivity (Wildman–Crippen MR) is 121 cm³/mol. The zero-order valence-corrected chi connectivity index (χ0v) is 19.8. The minimum absolute atomic E-state index is 0.0336. The van der Waals surface area contributed by atoms with Crippen molar-refractivity contribution in [1.29, 1.82) is 0 Å². The number of benzene rings is 2. The van der Waals surface area contributed by atoms with Crippen LogP contribution in [0.25, 0.3) is 0 Å². The number of carbonyl (C=O) groups is 1. The fraction of sp³-hybridized carbons (Fsp3) is 0.381. The lowest BCUT2D eigenvalue weighted by Crippen LogP contribution is -2.48. The topological polar surface area (TPSA) is 104 Å². The summed E-state index contributed by atoms with van der Waals surface area (Å²) in [7, 11) is -6.61. The van der Waals surface area contributed by atoms with Gasteiger partial charge in [0.05, 0.1) is 24.5 Å². The third-order valence-electron chi connectivity index (χ3n) is 5.79. The van der Waals surface area contributed by atoms with Crippen LogP contribution in [0.3, 0.4) is 0 Å². The van der Waals surface area contributed by atoms with Gasteiger partial charge in [-0.2, -0.15) is 4.31 Å².